The van der Waals surface area contributed by atoms with Crippen molar-refractivity contribution in [1.29, 1.82) is 5.26 Å². The van der Waals surface area contributed by atoms with Gasteiger partial charge in [-0.3, -0.25) is 0 Å². The predicted octanol–water partition coefficient (Wildman–Crippen LogP) is 4.42. The van der Waals surface area contributed by atoms with E-state index in [0.29, 0.717) is 10.9 Å². The molecular weight excluding hydrogens is 392 g/mol. The van der Waals surface area contributed by atoms with E-state index >= 15 is 0 Å². The highest BCUT2D eigenvalue weighted by molar-refractivity contribution is 5.92. The molecule has 0 aliphatic heterocycles. The number of aryl methyl sites for hydroxylation is 1. The van der Waals surface area contributed by atoms with E-state index in [4.69, 9.17) is 10.2 Å². The summed E-state index contributed by atoms with van der Waals surface area (Å²) in [5, 5.41) is 21.1. The van der Waals surface area contributed by atoms with E-state index in [2.05, 4.69) is 16.0 Å². The number of nitriles is 1. The van der Waals surface area contributed by atoms with Crippen LogP contribution in [0, 0.1) is 18.3 Å². The van der Waals surface area contributed by atoms with E-state index < -0.39 is 5.63 Å². The summed E-state index contributed by atoms with van der Waals surface area (Å²) < 4.78 is 5.45. The molecule has 0 aliphatic rings. The standard InChI is InChI=1S/C24H18N4O3/c1-13-8-9-16-20(10-13)31-24(30)21(22(16)29)19-11-17(15-6-4-3-5-7-15)18(12-25)23(28-19)27-14(2)26/h3-11,29H,1-2H3,(H2,26,27,28). The van der Waals surface area contributed by atoms with Gasteiger partial charge in [0.25, 0.3) is 0 Å². The molecule has 4 rings (SSSR count). The molecule has 0 saturated heterocycles. The third-order valence-electron chi connectivity index (χ3n) is 4.77. The Morgan fingerprint density at radius 2 is 1.94 bits per heavy atom. The first-order chi connectivity index (χ1) is 14.9. The number of nitrogens with two attached hydrogens (primary N) is 1. The van der Waals surface area contributed by atoms with Gasteiger partial charge >= 0.3 is 5.63 Å². The lowest BCUT2D eigenvalue weighted by atomic mass is 9.98. The third kappa shape index (κ3) is 3.63. The first-order valence-corrected chi connectivity index (χ1v) is 9.47. The smallest absolute Gasteiger partial charge is 0.349 e. The van der Waals surface area contributed by atoms with Crippen molar-refractivity contribution in [3.8, 4) is 34.2 Å². The maximum Gasteiger partial charge on any atom is 0.349 e. The second kappa shape index (κ2) is 7.76. The summed E-state index contributed by atoms with van der Waals surface area (Å²) >= 11 is 0. The van der Waals surface area contributed by atoms with Gasteiger partial charge in [-0.1, -0.05) is 36.4 Å². The molecule has 0 bridgehead atoms. The van der Waals surface area contributed by atoms with Crippen LogP contribution in [-0.4, -0.2) is 15.9 Å². The molecule has 31 heavy (non-hydrogen) atoms. The minimum Gasteiger partial charge on any atom is -0.506 e. The Hall–Kier alpha value is -4.44. The maximum absolute atomic E-state index is 12.8. The molecule has 7 nitrogen and oxygen atoms in total. The van der Waals surface area contributed by atoms with Crippen molar-refractivity contribution < 1.29 is 9.52 Å². The van der Waals surface area contributed by atoms with Crippen molar-refractivity contribution in [2.24, 2.45) is 10.7 Å². The number of amidine groups is 1. The largest absolute Gasteiger partial charge is 0.506 e. The number of aromatic nitrogens is 1. The molecule has 0 radical (unpaired) electrons. The highest BCUT2D eigenvalue weighted by Crippen LogP contribution is 2.37. The van der Waals surface area contributed by atoms with Crippen LogP contribution in [-0.2, 0) is 0 Å². The zero-order valence-electron chi connectivity index (χ0n) is 16.9. The Balaban J connectivity index is 2.09. The zero-order valence-corrected chi connectivity index (χ0v) is 16.9. The molecule has 152 valence electrons. The van der Waals surface area contributed by atoms with Crippen LogP contribution in [0.1, 0.15) is 18.1 Å². The molecule has 0 fully saturated rings. The summed E-state index contributed by atoms with van der Waals surface area (Å²) in [6.07, 6.45) is 0. The molecule has 2 aromatic carbocycles. The number of benzene rings is 2. The van der Waals surface area contributed by atoms with Crippen molar-refractivity contribution in [1.82, 2.24) is 4.98 Å². The minimum atomic E-state index is -0.744. The first-order valence-electron chi connectivity index (χ1n) is 9.47. The molecular formula is C24H18N4O3. The molecule has 4 aromatic rings. The van der Waals surface area contributed by atoms with Gasteiger partial charge in [0.15, 0.2) is 5.82 Å². The van der Waals surface area contributed by atoms with E-state index in [1.807, 2.05) is 37.3 Å². The summed E-state index contributed by atoms with van der Waals surface area (Å²) in [7, 11) is 0. The second-order valence-corrected chi connectivity index (χ2v) is 7.10. The number of aromatic hydroxyl groups is 1. The van der Waals surface area contributed by atoms with Crippen molar-refractivity contribution in [3.63, 3.8) is 0 Å². The number of hydrogen-bond donors (Lipinski definition) is 2. The Labute approximate surface area is 177 Å². The van der Waals surface area contributed by atoms with E-state index in [9.17, 15) is 15.2 Å². The molecule has 2 aromatic heterocycles. The molecule has 0 unspecified atom stereocenters. The van der Waals surface area contributed by atoms with Gasteiger partial charge in [0.1, 0.15) is 28.5 Å². The van der Waals surface area contributed by atoms with Gasteiger partial charge < -0.3 is 15.3 Å². The number of fused-ring (bicyclic) bond motifs is 1. The van der Waals surface area contributed by atoms with Crippen LogP contribution in [0.4, 0.5) is 5.82 Å². The lowest BCUT2D eigenvalue weighted by Crippen LogP contribution is -2.07. The van der Waals surface area contributed by atoms with Gasteiger partial charge in [0.05, 0.1) is 16.9 Å². The van der Waals surface area contributed by atoms with Crippen LogP contribution in [0.3, 0.4) is 0 Å². The van der Waals surface area contributed by atoms with Crippen LogP contribution in [0.15, 0.2) is 68.8 Å². The SMILES string of the molecule is C/C(N)=N/c1nc(-c2c(O)c3ccc(C)cc3oc2=O)cc(-c2ccccc2)c1C#N. The van der Waals surface area contributed by atoms with Crippen LogP contribution in [0.25, 0.3) is 33.4 Å². The Kier molecular flexibility index (Phi) is 4.97. The lowest BCUT2D eigenvalue weighted by Gasteiger charge is -2.12. The highest BCUT2D eigenvalue weighted by atomic mass is 16.4. The van der Waals surface area contributed by atoms with Crippen LogP contribution in [0.2, 0.25) is 0 Å². The van der Waals surface area contributed by atoms with Crippen molar-refractivity contribution in [2.75, 3.05) is 0 Å². The van der Waals surface area contributed by atoms with Gasteiger partial charge in [-0.05, 0) is 43.2 Å². The van der Waals surface area contributed by atoms with Gasteiger partial charge in [-0.2, -0.15) is 5.26 Å². The number of hydrogen-bond acceptors (Lipinski definition) is 6. The van der Waals surface area contributed by atoms with Gasteiger partial charge in [-0.15, -0.1) is 0 Å². The van der Waals surface area contributed by atoms with Crippen molar-refractivity contribution in [2.45, 2.75) is 13.8 Å². The highest BCUT2D eigenvalue weighted by Gasteiger charge is 2.21. The first kappa shape index (κ1) is 19.9. The quantitative estimate of drug-likeness (QED) is 0.293. The second-order valence-electron chi connectivity index (χ2n) is 7.10. The predicted molar refractivity (Wildman–Crippen MR) is 119 cm³/mol. The number of rotatable bonds is 3. The zero-order chi connectivity index (χ0) is 22.1. The lowest BCUT2D eigenvalue weighted by molar-refractivity contribution is 0.471. The molecule has 7 heteroatoms. The van der Waals surface area contributed by atoms with Crippen LogP contribution in [0.5, 0.6) is 5.75 Å². The summed E-state index contributed by atoms with van der Waals surface area (Å²) in [5.41, 5.74) is 7.64. The number of nitrogens with zero attached hydrogens (tertiary/aromatic N) is 3. The molecule has 0 saturated carbocycles. The minimum absolute atomic E-state index is 0.0571. The van der Waals surface area contributed by atoms with Crippen molar-refractivity contribution in [3.05, 3.63) is 76.1 Å². The van der Waals surface area contributed by atoms with E-state index in [-0.39, 0.29) is 39.8 Å². The van der Waals surface area contributed by atoms with E-state index in [1.165, 1.54) is 0 Å². The fourth-order valence-corrected chi connectivity index (χ4v) is 3.38. The maximum atomic E-state index is 12.8. The normalized spacial score (nSPS) is 11.5. The third-order valence-corrected chi connectivity index (χ3v) is 4.77. The monoisotopic (exact) mass is 410 g/mol. The topological polar surface area (TPSA) is 126 Å². The molecule has 0 amide bonds. The Bertz CT molecular complexity index is 1440. The van der Waals surface area contributed by atoms with E-state index in [0.717, 1.165) is 11.1 Å². The fourth-order valence-electron chi connectivity index (χ4n) is 3.38. The molecule has 3 N–H and O–H groups in total. The number of pyridine rings is 1. The summed E-state index contributed by atoms with van der Waals surface area (Å²) in [5.74, 6) is 0.00827. The fraction of sp³-hybridized carbons (Fsp3) is 0.0833. The van der Waals surface area contributed by atoms with Gasteiger partial charge in [-0.25, -0.2) is 14.8 Å². The molecule has 2 heterocycles. The molecule has 0 atom stereocenters. The van der Waals surface area contributed by atoms with Gasteiger partial charge in [0, 0.05) is 5.56 Å². The van der Waals surface area contributed by atoms with Crippen molar-refractivity contribution >= 4 is 22.6 Å². The molecule has 0 aliphatic carbocycles. The summed E-state index contributed by atoms with van der Waals surface area (Å²) in [6, 6.07) is 18.0. The van der Waals surface area contributed by atoms with Gasteiger partial charge in [0.2, 0.25) is 0 Å². The van der Waals surface area contributed by atoms with Crippen LogP contribution >= 0.6 is 0 Å². The average molecular weight is 410 g/mol. The summed E-state index contributed by atoms with van der Waals surface area (Å²) in [6.45, 7) is 3.43. The average Bonchev–Trinajstić information content (AvgIpc) is 2.73. The van der Waals surface area contributed by atoms with Crippen LogP contribution < -0.4 is 11.4 Å². The number of aliphatic imine (C=N–C) groups is 1. The summed E-state index contributed by atoms with van der Waals surface area (Å²) in [4.78, 5) is 21.4. The Morgan fingerprint density at radius 1 is 1.19 bits per heavy atom. The molecule has 0 spiro atoms. The van der Waals surface area contributed by atoms with E-state index in [1.54, 1.807) is 31.2 Å². The Morgan fingerprint density at radius 3 is 2.61 bits per heavy atom.